The van der Waals surface area contributed by atoms with Gasteiger partial charge in [0.25, 0.3) is 5.91 Å². The number of hydrogen-bond acceptors (Lipinski definition) is 3. The molecule has 0 saturated carbocycles. The van der Waals surface area contributed by atoms with Crippen LogP contribution in [-0.4, -0.2) is 42.5 Å². The quantitative estimate of drug-likeness (QED) is 0.759. The van der Waals surface area contributed by atoms with E-state index in [0.717, 1.165) is 13.1 Å². The van der Waals surface area contributed by atoms with Crippen molar-refractivity contribution in [2.45, 2.75) is 0 Å². The minimum Gasteiger partial charge on any atom is -0.350 e. The van der Waals surface area contributed by atoms with Gasteiger partial charge in [-0.2, -0.15) is 4.39 Å². The van der Waals surface area contributed by atoms with Gasteiger partial charge in [-0.3, -0.25) is 4.79 Å². The van der Waals surface area contributed by atoms with Crippen molar-refractivity contribution in [1.82, 2.24) is 15.2 Å². The Hall–Kier alpha value is -1.49. The maximum Gasteiger partial charge on any atom is 0.270 e. The van der Waals surface area contributed by atoms with E-state index in [4.69, 9.17) is 0 Å². The third kappa shape index (κ3) is 2.55. The van der Waals surface area contributed by atoms with Gasteiger partial charge in [0.15, 0.2) is 0 Å². The monoisotopic (exact) mass is 223 g/mol. The van der Waals surface area contributed by atoms with Gasteiger partial charge in [-0.15, -0.1) is 0 Å². The lowest BCUT2D eigenvalue weighted by atomic mass is 10.0. The summed E-state index contributed by atoms with van der Waals surface area (Å²) in [5.74, 6) is -0.437. The van der Waals surface area contributed by atoms with Gasteiger partial charge >= 0.3 is 0 Å². The number of carbonyl (C=O) groups excluding carboxylic acids is 1. The Kier molecular flexibility index (Phi) is 3.14. The van der Waals surface area contributed by atoms with E-state index in [0.29, 0.717) is 12.5 Å². The molecule has 0 atom stereocenters. The van der Waals surface area contributed by atoms with Gasteiger partial charge in [-0.1, -0.05) is 6.07 Å². The second-order valence-electron chi connectivity index (χ2n) is 4.14. The summed E-state index contributed by atoms with van der Waals surface area (Å²) in [5, 5.41) is 2.75. The molecule has 86 valence electrons. The van der Waals surface area contributed by atoms with Crippen LogP contribution in [0.1, 0.15) is 10.5 Å². The molecule has 1 N–H and O–H groups in total. The van der Waals surface area contributed by atoms with Crippen molar-refractivity contribution < 1.29 is 9.18 Å². The van der Waals surface area contributed by atoms with Crippen LogP contribution in [0.3, 0.4) is 0 Å². The van der Waals surface area contributed by atoms with Crippen molar-refractivity contribution in [3.63, 3.8) is 0 Å². The van der Waals surface area contributed by atoms with Gasteiger partial charge in [0.1, 0.15) is 5.69 Å². The molecule has 5 heteroatoms. The molecule has 1 aliphatic heterocycles. The third-order valence-corrected chi connectivity index (χ3v) is 2.64. The topological polar surface area (TPSA) is 45.2 Å². The normalized spacial score (nSPS) is 16.9. The first-order chi connectivity index (χ1) is 7.65. The Morgan fingerprint density at radius 3 is 3.00 bits per heavy atom. The average molecular weight is 223 g/mol. The molecule has 2 heterocycles. The lowest BCUT2D eigenvalue weighted by Gasteiger charge is -2.36. The van der Waals surface area contributed by atoms with Crippen molar-refractivity contribution in [3.05, 3.63) is 29.8 Å². The van der Waals surface area contributed by atoms with Crippen LogP contribution in [0.2, 0.25) is 0 Å². The molecule has 1 fully saturated rings. The summed E-state index contributed by atoms with van der Waals surface area (Å²) in [5.41, 5.74) is 0.132. The molecule has 1 amide bonds. The van der Waals surface area contributed by atoms with Crippen LogP contribution < -0.4 is 5.32 Å². The van der Waals surface area contributed by atoms with Gasteiger partial charge in [-0.05, 0) is 19.2 Å². The molecule has 4 nitrogen and oxygen atoms in total. The fourth-order valence-corrected chi connectivity index (χ4v) is 1.82. The van der Waals surface area contributed by atoms with Crippen molar-refractivity contribution in [3.8, 4) is 0 Å². The Bertz CT molecular complexity index is 391. The van der Waals surface area contributed by atoms with Gasteiger partial charge in [0.05, 0.1) is 0 Å². The number of hydrogen-bond donors (Lipinski definition) is 1. The molecule has 1 aromatic heterocycles. The molecular formula is C11H14FN3O. The van der Waals surface area contributed by atoms with E-state index < -0.39 is 5.95 Å². The van der Waals surface area contributed by atoms with Gasteiger partial charge in [-0.25, -0.2) is 4.98 Å². The summed E-state index contributed by atoms with van der Waals surface area (Å²) in [6, 6.07) is 4.21. The number of aromatic nitrogens is 1. The number of pyridine rings is 1. The maximum atomic E-state index is 12.8. The molecule has 0 bridgehead atoms. The highest BCUT2D eigenvalue weighted by Gasteiger charge is 2.23. The van der Waals surface area contributed by atoms with E-state index >= 15 is 0 Å². The minimum atomic E-state index is -0.629. The standard InChI is InChI=1S/C11H14FN3O/c1-15-6-8(7-15)5-13-11(16)9-3-2-4-10(12)14-9/h2-4,8H,5-7H2,1H3,(H,13,16). The zero-order valence-corrected chi connectivity index (χ0v) is 9.11. The van der Waals surface area contributed by atoms with Crippen LogP contribution in [-0.2, 0) is 0 Å². The summed E-state index contributed by atoms with van der Waals surface area (Å²) in [6.45, 7) is 2.62. The number of nitrogens with zero attached hydrogens (tertiary/aromatic N) is 2. The lowest BCUT2D eigenvalue weighted by Crippen LogP contribution is -2.49. The van der Waals surface area contributed by atoms with Crippen LogP contribution in [0.15, 0.2) is 18.2 Å². The molecule has 0 aromatic carbocycles. The first-order valence-corrected chi connectivity index (χ1v) is 5.24. The van der Waals surface area contributed by atoms with Crippen LogP contribution >= 0.6 is 0 Å². The Morgan fingerprint density at radius 2 is 2.38 bits per heavy atom. The first-order valence-electron chi connectivity index (χ1n) is 5.24. The lowest BCUT2D eigenvalue weighted by molar-refractivity contribution is 0.0892. The summed E-state index contributed by atoms with van der Waals surface area (Å²) in [4.78, 5) is 17.3. The summed E-state index contributed by atoms with van der Waals surface area (Å²) in [7, 11) is 2.03. The zero-order valence-electron chi connectivity index (χ0n) is 9.11. The second kappa shape index (κ2) is 4.57. The minimum absolute atomic E-state index is 0.132. The molecule has 0 aliphatic carbocycles. The number of halogens is 1. The van der Waals surface area contributed by atoms with Crippen molar-refractivity contribution >= 4 is 5.91 Å². The predicted octanol–water partition coefficient (Wildman–Crippen LogP) is 0.512. The SMILES string of the molecule is CN1CC(CNC(=O)c2cccc(F)n2)C1. The van der Waals surface area contributed by atoms with Gasteiger partial charge in [0.2, 0.25) is 5.95 Å². The summed E-state index contributed by atoms with van der Waals surface area (Å²) in [6.07, 6.45) is 0. The van der Waals surface area contributed by atoms with Crippen molar-refractivity contribution in [2.24, 2.45) is 5.92 Å². The highest BCUT2D eigenvalue weighted by molar-refractivity contribution is 5.92. The van der Waals surface area contributed by atoms with Crippen LogP contribution in [0, 0.1) is 11.9 Å². The number of rotatable bonds is 3. The van der Waals surface area contributed by atoms with Crippen LogP contribution in [0.5, 0.6) is 0 Å². The molecule has 16 heavy (non-hydrogen) atoms. The summed E-state index contributed by atoms with van der Waals surface area (Å²) < 4.78 is 12.8. The number of carbonyl (C=O) groups is 1. The Labute approximate surface area is 93.5 Å². The van der Waals surface area contributed by atoms with Crippen molar-refractivity contribution in [2.75, 3.05) is 26.7 Å². The molecule has 2 rings (SSSR count). The molecule has 1 aliphatic rings. The second-order valence-corrected chi connectivity index (χ2v) is 4.14. The van der Waals surface area contributed by atoms with Gasteiger partial charge in [0, 0.05) is 25.6 Å². The zero-order chi connectivity index (χ0) is 11.5. The number of amides is 1. The smallest absolute Gasteiger partial charge is 0.270 e. The highest BCUT2D eigenvalue weighted by Crippen LogP contribution is 2.11. The molecule has 1 aromatic rings. The van der Waals surface area contributed by atoms with E-state index in [2.05, 4.69) is 15.2 Å². The van der Waals surface area contributed by atoms with Crippen LogP contribution in [0.4, 0.5) is 4.39 Å². The van der Waals surface area contributed by atoms with E-state index in [1.807, 2.05) is 7.05 Å². The van der Waals surface area contributed by atoms with E-state index in [-0.39, 0.29) is 11.6 Å². The van der Waals surface area contributed by atoms with Crippen molar-refractivity contribution in [1.29, 1.82) is 0 Å². The van der Waals surface area contributed by atoms with E-state index in [1.54, 1.807) is 0 Å². The van der Waals surface area contributed by atoms with Gasteiger partial charge < -0.3 is 10.2 Å². The van der Waals surface area contributed by atoms with Crippen LogP contribution in [0.25, 0.3) is 0 Å². The molecule has 0 spiro atoms. The maximum absolute atomic E-state index is 12.8. The highest BCUT2D eigenvalue weighted by atomic mass is 19.1. The molecule has 1 saturated heterocycles. The Balaban J connectivity index is 1.84. The first kappa shape index (κ1) is 11.0. The summed E-state index contributed by atoms with van der Waals surface area (Å²) >= 11 is 0. The third-order valence-electron chi connectivity index (χ3n) is 2.64. The van der Waals surface area contributed by atoms with E-state index in [9.17, 15) is 9.18 Å². The average Bonchev–Trinajstić information content (AvgIpc) is 2.22. The van der Waals surface area contributed by atoms with E-state index in [1.165, 1.54) is 18.2 Å². The molecule has 0 unspecified atom stereocenters. The number of likely N-dealkylation sites (tertiary alicyclic amines) is 1. The fraction of sp³-hybridized carbons (Fsp3) is 0.455. The largest absolute Gasteiger partial charge is 0.350 e. The fourth-order valence-electron chi connectivity index (χ4n) is 1.82. The number of nitrogens with one attached hydrogen (secondary N) is 1. The predicted molar refractivity (Wildman–Crippen MR) is 57.5 cm³/mol. The molecule has 0 radical (unpaired) electrons. The Morgan fingerprint density at radius 1 is 1.62 bits per heavy atom. The molecular weight excluding hydrogens is 209 g/mol.